The van der Waals surface area contributed by atoms with E-state index in [0.29, 0.717) is 0 Å². The third kappa shape index (κ3) is 8.04. The van der Waals surface area contributed by atoms with Crippen LogP contribution in [0.4, 0.5) is 34.1 Å². The van der Waals surface area contributed by atoms with Crippen LogP contribution in [-0.2, 0) is 23.7 Å². The summed E-state index contributed by atoms with van der Waals surface area (Å²) in [4.78, 5) is 8.85. The summed E-state index contributed by atoms with van der Waals surface area (Å²) < 4.78 is 0. The van der Waals surface area contributed by atoms with E-state index < -0.39 is 0 Å². The minimum Gasteiger partial charge on any atom is -0.311 e. The zero-order chi connectivity index (χ0) is 37.4. The van der Waals surface area contributed by atoms with Gasteiger partial charge >= 0.3 is 0 Å². The molecule has 0 fully saturated rings. The fraction of sp³-hybridized carbons (Fsp3) is 0.154. The Morgan fingerprint density at radius 2 is 0.873 bits per heavy atom. The average molecular weight is 734 g/mol. The summed E-state index contributed by atoms with van der Waals surface area (Å²) >= 11 is 0. The van der Waals surface area contributed by atoms with E-state index in [-0.39, 0.29) is 10.9 Å². The van der Waals surface area contributed by atoms with Crippen molar-refractivity contribution in [2.75, 3.05) is 9.80 Å². The van der Waals surface area contributed by atoms with Crippen LogP contribution in [0.25, 0.3) is 12.2 Å². The van der Waals surface area contributed by atoms with Crippen LogP contribution in [0.3, 0.4) is 0 Å². The summed E-state index contributed by atoms with van der Waals surface area (Å²) in [6, 6.07) is 64.9. The number of hydrogen-bond donors (Lipinski definition) is 0. The van der Waals surface area contributed by atoms with Gasteiger partial charge in [0.1, 0.15) is 22.3 Å². The Balaban J connectivity index is 1.03. The SMILES string of the molecule is CCCCc1ccc(N(c2ccc(/C=C/c3ccc(N4c5ccccc5[S+](c5ccccc5)c5ccccc54)cc3)cc2)c2ccc(CCCC)cc2)cc1. The first-order valence-electron chi connectivity index (χ1n) is 19.8. The van der Waals surface area contributed by atoms with Gasteiger partial charge in [-0.2, -0.15) is 0 Å². The van der Waals surface area contributed by atoms with Crippen molar-refractivity contribution in [3.63, 3.8) is 0 Å². The number of para-hydroxylation sites is 2. The van der Waals surface area contributed by atoms with E-state index in [1.54, 1.807) is 0 Å². The first-order valence-corrected chi connectivity index (χ1v) is 21.1. The molecule has 0 aromatic heterocycles. The molecule has 0 N–H and O–H groups in total. The molecule has 0 saturated heterocycles. The summed E-state index contributed by atoms with van der Waals surface area (Å²) in [5, 5.41) is 0. The molecule has 0 spiro atoms. The lowest BCUT2D eigenvalue weighted by Gasteiger charge is -2.31. The fourth-order valence-corrected chi connectivity index (χ4v) is 9.80. The maximum Gasteiger partial charge on any atom is 0.190 e. The molecule has 0 atom stereocenters. The summed E-state index contributed by atoms with van der Waals surface area (Å²) in [6.45, 7) is 4.51. The van der Waals surface area contributed by atoms with E-state index in [1.807, 2.05) is 0 Å². The van der Waals surface area contributed by atoms with Crippen LogP contribution in [-0.4, -0.2) is 0 Å². The van der Waals surface area contributed by atoms with Crippen molar-refractivity contribution in [3.8, 4) is 0 Å². The van der Waals surface area contributed by atoms with Crippen LogP contribution in [0.1, 0.15) is 61.8 Å². The second-order valence-corrected chi connectivity index (χ2v) is 16.2. The molecule has 1 heterocycles. The number of fused-ring (bicyclic) bond motifs is 2. The lowest BCUT2D eigenvalue weighted by molar-refractivity contribution is 0.795. The number of rotatable bonds is 13. The minimum absolute atomic E-state index is 0.169. The van der Waals surface area contributed by atoms with Gasteiger partial charge < -0.3 is 9.80 Å². The lowest BCUT2D eigenvalue weighted by Crippen LogP contribution is -2.22. The third-order valence-electron chi connectivity index (χ3n) is 10.4. The maximum atomic E-state index is 2.42. The highest BCUT2D eigenvalue weighted by Crippen LogP contribution is 2.51. The zero-order valence-electron chi connectivity index (χ0n) is 31.9. The maximum absolute atomic E-state index is 2.42. The predicted octanol–water partition coefficient (Wildman–Crippen LogP) is 14.9. The number of anilines is 6. The predicted molar refractivity (Wildman–Crippen MR) is 237 cm³/mol. The molecule has 7 aromatic carbocycles. The molecule has 0 amide bonds. The van der Waals surface area contributed by atoms with Gasteiger partial charge in [0.15, 0.2) is 14.7 Å². The van der Waals surface area contributed by atoms with Crippen molar-refractivity contribution in [1.29, 1.82) is 0 Å². The highest BCUT2D eigenvalue weighted by Gasteiger charge is 2.41. The summed E-state index contributed by atoms with van der Waals surface area (Å²) in [7, 11) is -0.169. The van der Waals surface area contributed by atoms with Crippen molar-refractivity contribution < 1.29 is 0 Å². The molecule has 0 bridgehead atoms. The average Bonchev–Trinajstić information content (AvgIpc) is 3.25. The second-order valence-electron chi connectivity index (χ2n) is 14.3. The van der Waals surface area contributed by atoms with E-state index >= 15 is 0 Å². The van der Waals surface area contributed by atoms with E-state index in [2.05, 4.69) is 212 Å². The van der Waals surface area contributed by atoms with E-state index in [9.17, 15) is 0 Å². The molecule has 8 rings (SSSR count). The van der Waals surface area contributed by atoms with Gasteiger partial charge in [-0.1, -0.05) is 130 Å². The molecule has 272 valence electrons. The van der Waals surface area contributed by atoms with Crippen molar-refractivity contribution >= 4 is 57.2 Å². The number of hydrogen-bond acceptors (Lipinski definition) is 2. The van der Waals surface area contributed by atoms with Crippen molar-refractivity contribution in [1.82, 2.24) is 0 Å². The molecular weight excluding hydrogens is 685 g/mol. The number of nitrogens with zero attached hydrogens (tertiary/aromatic N) is 2. The Hall–Kier alpha value is -5.77. The van der Waals surface area contributed by atoms with Gasteiger partial charge in [0.2, 0.25) is 0 Å². The largest absolute Gasteiger partial charge is 0.311 e. The van der Waals surface area contributed by atoms with E-state index in [4.69, 9.17) is 0 Å². The van der Waals surface area contributed by atoms with Crippen LogP contribution < -0.4 is 9.80 Å². The highest BCUT2D eigenvalue weighted by atomic mass is 32.2. The van der Waals surface area contributed by atoms with Gasteiger partial charge in [0.25, 0.3) is 0 Å². The van der Waals surface area contributed by atoms with Gasteiger partial charge in [-0.25, -0.2) is 0 Å². The Labute approximate surface area is 330 Å². The van der Waals surface area contributed by atoms with Gasteiger partial charge in [-0.3, -0.25) is 0 Å². The van der Waals surface area contributed by atoms with Crippen LogP contribution in [0, 0.1) is 0 Å². The molecule has 1 aliphatic rings. The first kappa shape index (κ1) is 36.2. The molecule has 3 heteroatoms. The fourth-order valence-electron chi connectivity index (χ4n) is 7.46. The molecule has 7 aromatic rings. The second kappa shape index (κ2) is 17.1. The Kier molecular flexibility index (Phi) is 11.3. The zero-order valence-corrected chi connectivity index (χ0v) is 32.8. The molecular formula is C52H49N2S+. The molecule has 2 nitrogen and oxygen atoms in total. The van der Waals surface area contributed by atoms with Crippen LogP contribution >= 0.6 is 0 Å². The highest BCUT2D eigenvalue weighted by molar-refractivity contribution is 7.97. The lowest BCUT2D eigenvalue weighted by atomic mass is 10.1. The van der Waals surface area contributed by atoms with Crippen LogP contribution in [0.15, 0.2) is 191 Å². The van der Waals surface area contributed by atoms with Crippen molar-refractivity contribution in [2.45, 2.75) is 67.1 Å². The van der Waals surface area contributed by atoms with Crippen molar-refractivity contribution in [3.05, 3.63) is 198 Å². The molecule has 0 unspecified atom stereocenters. The Morgan fingerprint density at radius 1 is 0.455 bits per heavy atom. The third-order valence-corrected chi connectivity index (χ3v) is 12.7. The molecule has 1 aliphatic heterocycles. The van der Waals surface area contributed by atoms with E-state index in [0.717, 1.165) is 24.2 Å². The van der Waals surface area contributed by atoms with Crippen LogP contribution in [0.2, 0.25) is 0 Å². The quantitative estimate of drug-likeness (QED) is 0.0860. The summed E-state index contributed by atoms with van der Waals surface area (Å²) in [5.41, 5.74) is 12.3. The van der Waals surface area contributed by atoms with Gasteiger partial charge in [0.05, 0.1) is 0 Å². The monoisotopic (exact) mass is 733 g/mol. The van der Waals surface area contributed by atoms with Crippen molar-refractivity contribution in [2.24, 2.45) is 0 Å². The Bertz CT molecular complexity index is 2230. The normalized spacial score (nSPS) is 12.4. The number of benzene rings is 7. The minimum atomic E-state index is -0.169. The standard InChI is InChI=1S/C52H49N2S/c1-3-5-14-40-24-32-44(33-25-40)53(45-34-26-41(27-35-45)15-6-4-2)46-36-28-42(29-37-46)22-23-43-30-38-47(39-31-43)54-49-18-10-12-20-51(49)55(48-16-8-7-9-17-48)52-21-13-11-19-50(52)54/h7-13,16-39H,3-6,14-15H2,1-2H3/q+1/b23-22+. The topological polar surface area (TPSA) is 6.48 Å². The van der Waals surface area contributed by atoms with E-state index in [1.165, 1.54) is 85.4 Å². The summed E-state index contributed by atoms with van der Waals surface area (Å²) in [5.74, 6) is 0. The molecule has 0 saturated carbocycles. The number of aryl methyl sites for hydroxylation is 2. The van der Waals surface area contributed by atoms with Gasteiger partial charge in [-0.15, -0.1) is 0 Å². The van der Waals surface area contributed by atoms with Gasteiger partial charge in [0, 0.05) is 22.7 Å². The molecule has 55 heavy (non-hydrogen) atoms. The summed E-state index contributed by atoms with van der Waals surface area (Å²) in [6.07, 6.45) is 11.5. The number of unbranched alkanes of at least 4 members (excludes halogenated alkanes) is 2. The Morgan fingerprint density at radius 3 is 1.35 bits per heavy atom. The van der Waals surface area contributed by atoms with Crippen LogP contribution in [0.5, 0.6) is 0 Å². The first-order chi connectivity index (χ1) is 27.2. The molecule has 0 aliphatic carbocycles. The smallest absolute Gasteiger partial charge is 0.190 e. The van der Waals surface area contributed by atoms with Gasteiger partial charge in [-0.05, 0) is 133 Å². The molecule has 0 radical (unpaired) electrons.